The van der Waals surface area contributed by atoms with Crippen LogP contribution in [0.15, 0.2) is 30.3 Å². The molecule has 0 aliphatic carbocycles. The van der Waals surface area contributed by atoms with Gasteiger partial charge in [0, 0.05) is 0 Å². The Hall–Kier alpha value is -0.850. The van der Waals surface area contributed by atoms with E-state index in [9.17, 15) is 13.0 Å². The molecule has 0 aliphatic rings. The molecule has 0 saturated heterocycles. The summed E-state index contributed by atoms with van der Waals surface area (Å²) in [5.41, 5.74) is 0.291. The van der Waals surface area contributed by atoms with Gasteiger partial charge in [-0.3, -0.25) is 0 Å². The summed E-state index contributed by atoms with van der Waals surface area (Å²) in [6, 6.07) is 6.49. The molecule has 1 aromatic rings. The Labute approximate surface area is 114 Å². The molecule has 0 amide bonds. The summed E-state index contributed by atoms with van der Waals surface area (Å²) in [6.45, 7) is 3.76. The van der Waals surface area contributed by atoms with Gasteiger partial charge in [-0.2, -0.15) is 0 Å². The number of benzene rings is 1. The highest BCUT2D eigenvalue weighted by molar-refractivity contribution is 7.84. The van der Waals surface area contributed by atoms with Crippen LogP contribution in [0.2, 0.25) is 0 Å². The van der Waals surface area contributed by atoms with Gasteiger partial charge in [0.15, 0.2) is 0 Å². The summed E-state index contributed by atoms with van der Waals surface area (Å²) in [4.78, 5) is 0. The van der Waals surface area contributed by atoms with Crippen LogP contribution in [-0.2, 0) is 11.0 Å². The van der Waals surface area contributed by atoms with Crippen molar-refractivity contribution < 1.29 is 18.1 Å². The molecule has 0 saturated carbocycles. The maximum atomic E-state index is 13.8. The molecule has 0 fully saturated rings. The van der Waals surface area contributed by atoms with E-state index in [0.717, 1.165) is 0 Å². The van der Waals surface area contributed by atoms with Crippen molar-refractivity contribution in [3.05, 3.63) is 35.9 Å². The first kappa shape index (κ1) is 16.2. The van der Waals surface area contributed by atoms with Gasteiger partial charge in [-0.15, -0.1) is 0 Å². The van der Waals surface area contributed by atoms with Crippen LogP contribution in [0.25, 0.3) is 0 Å². The van der Waals surface area contributed by atoms with Gasteiger partial charge in [0.25, 0.3) is 5.92 Å². The normalized spacial score (nSPS) is 16.1. The van der Waals surface area contributed by atoms with Crippen molar-refractivity contribution in [1.82, 2.24) is 4.72 Å². The van der Waals surface area contributed by atoms with E-state index in [1.165, 1.54) is 12.1 Å². The van der Waals surface area contributed by atoms with Crippen molar-refractivity contribution in [2.24, 2.45) is 0 Å². The van der Waals surface area contributed by atoms with Gasteiger partial charge >= 0.3 is 0 Å². The zero-order valence-corrected chi connectivity index (χ0v) is 12.0. The molecule has 1 aromatic carbocycles. The zero-order valence-electron chi connectivity index (χ0n) is 11.2. The number of hydrogen-bond acceptors (Lipinski definition) is 2. The van der Waals surface area contributed by atoms with Crippen LogP contribution in [-0.4, -0.2) is 26.6 Å². The monoisotopic (exact) mass is 291 g/mol. The number of aliphatic hydroxyl groups excluding tert-OH is 1. The molecular weight excluding hydrogens is 272 g/mol. The topological polar surface area (TPSA) is 49.3 Å². The molecule has 6 heteroatoms. The molecule has 3 nitrogen and oxygen atoms in total. The Morgan fingerprint density at radius 2 is 1.79 bits per heavy atom. The fourth-order valence-electron chi connectivity index (χ4n) is 1.42. The van der Waals surface area contributed by atoms with Crippen LogP contribution in [0.5, 0.6) is 0 Å². The largest absolute Gasteiger partial charge is 0.390 e. The number of rotatable bonds is 5. The number of alkyl halides is 2. The zero-order chi connectivity index (χ0) is 14.7. The summed E-state index contributed by atoms with van der Waals surface area (Å²) in [6.07, 6.45) is 0. The third kappa shape index (κ3) is 4.33. The highest BCUT2D eigenvalue weighted by Crippen LogP contribution is 2.32. The summed E-state index contributed by atoms with van der Waals surface area (Å²) in [5.74, 6) is -3.39. The lowest BCUT2D eigenvalue weighted by Gasteiger charge is -2.29. The van der Waals surface area contributed by atoms with E-state index in [4.69, 9.17) is 5.11 Å². The van der Waals surface area contributed by atoms with Crippen molar-refractivity contribution >= 4 is 11.0 Å². The molecule has 0 heterocycles. The van der Waals surface area contributed by atoms with Gasteiger partial charge in [0.05, 0.1) is 15.7 Å². The predicted molar refractivity (Wildman–Crippen MR) is 72.2 cm³/mol. The lowest BCUT2D eigenvalue weighted by atomic mass is 10.0. The van der Waals surface area contributed by atoms with Gasteiger partial charge in [-0.1, -0.05) is 30.3 Å². The molecule has 2 N–H and O–H groups in total. The highest BCUT2D eigenvalue weighted by Gasteiger charge is 2.42. The van der Waals surface area contributed by atoms with E-state index in [1.54, 1.807) is 39.0 Å². The van der Waals surface area contributed by atoms with E-state index in [1.807, 2.05) is 0 Å². The molecule has 0 bridgehead atoms. The van der Waals surface area contributed by atoms with E-state index in [0.29, 0.717) is 5.56 Å². The minimum Gasteiger partial charge on any atom is -0.390 e. The third-order valence-corrected chi connectivity index (χ3v) is 4.11. The van der Waals surface area contributed by atoms with Gasteiger partial charge in [-0.25, -0.2) is 17.7 Å². The Morgan fingerprint density at radius 3 is 2.21 bits per heavy atom. The third-order valence-electron chi connectivity index (χ3n) is 2.55. The van der Waals surface area contributed by atoms with Crippen LogP contribution >= 0.6 is 0 Å². The first-order valence-corrected chi connectivity index (χ1v) is 7.05. The van der Waals surface area contributed by atoms with Crippen molar-refractivity contribution in [2.45, 2.75) is 37.5 Å². The van der Waals surface area contributed by atoms with Crippen LogP contribution in [0.1, 0.15) is 32.4 Å². The Bertz CT molecular complexity index is 432. The lowest BCUT2D eigenvalue weighted by Crippen LogP contribution is -2.44. The maximum Gasteiger partial charge on any atom is 0.290 e. The van der Waals surface area contributed by atoms with E-state index in [-0.39, 0.29) is 0 Å². The molecule has 1 rings (SSSR count). The number of hydrogen-bond donors (Lipinski definition) is 2. The fraction of sp³-hybridized carbons (Fsp3) is 0.538. The molecule has 2 atom stereocenters. The van der Waals surface area contributed by atoms with E-state index >= 15 is 0 Å². The number of nitrogens with one attached hydrogen (secondary N) is 1. The molecular formula is C13H19F2NO2S. The summed E-state index contributed by atoms with van der Waals surface area (Å²) in [5, 5.41) is 8.85. The molecule has 0 radical (unpaired) electrons. The van der Waals surface area contributed by atoms with Gasteiger partial charge in [0.1, 0.15) is 12.6 Å². The lowest BCUT2D eigenvalue weighted by molar-refractivity contribution is -0.0752. The molecule has 0 aromatic heterocycles. The maximum absolute atomic E-state index is 13.8. The highest BCUT2D eigenvalue weighted by atomic mass is 32.2. The Morgan fingerprint density at radius 1 is 1.26 bits per heavy atom. The minimum atomic E-state index is -3.39. The van der Waals surface area contributed by atoms with E-state index < -0.39 is 34.3 Å². The molecule has 0 aliphatic heterocycles. The van der Waals surface area contributed by atoms with Crippen LogP contribution in [0, 0.1) is 0 Å². The number of halogens is 2. The van der Waals surface area contributed by atoms with Crippen LogP contribution in [0.3, 0.4) is 0 Å². The quantitative estimate of drug-likeness (QED) is 0.875. The second kappa shape index (κ2) is 6.07. The van der Waals surface area contributed by atoms with Crippen LogP contribution < -0.4 is 4.72 Å². The van der Waals surface area contributed by atoms with Gasteiger partial charge in [0.2, 0.25) is 0 Å². The Kier molecular flexibility index (Phi) is 5.18. The summed E-state index contributed by atoms with van der Waals surface area (Å²) >= 11 is 0. The van der Waals surface area contributed by atoms with E-state index in [2.05, 4.69) is 4.72 Å². The number of aliphatic hydroxyl groups is 1. The molecule has 19 heavy (non-hydrogen) atoms. The molecule has 108 valence electrons. The van der Waals surface area contributed by atoms with Gasteiger partial charge in [-0.05, 0) is 26.3 Å². The molecule has 0 spiro atoms. The predicted octanol–water partition coefficient (Wildman–Crippen LogP) is 2.41. The second-order valence-corrected chi connectivity index (χ2v) is 7.26. The molecule has 2 unspecified atom stereocenters. The average Bonchev–Trinajstić information content (AvgIpc) is 2.35. The Balaban J connectivity index is 3.05. The van der Waals surface area contributed by atoms with Crippen molar-refractivity contribution in [1.29, 1.82) is 0 Å². The summed E-state index contributed by atoms with van der Waals surface area (Å²) < 4.78 is 41.4. The fourth-order valence-corrected chi connectivity index (χ4v) is 2.29. The second-order valence-electron chi connectivity index (χ2n) is 5.26. The van der Waals surface area contributed by atoms with Crippen molar-refractivity contribution in [3.63, 3.8) is 0 Å². The summed E-state index contributed by atoms with van der Waals surface area (Å²) in [7, 11) is -1.66. The SMILES string of the molecule is CC(C)(C)S(=O)NC(c1ccccc1)C(F)(F)CO. The first-order valence-electron chi connectivity index (χ1n) is 5.90. The van der Waals surface area contributed by atoms with Crippen LogP contribution in [0.4, 0.5) is 8.78 Å². The van der Waals surface area contributed by atoms with Gasteiger partial charge < -0.3 is 5.11 Å². The average molecular weight is 291 g/mol. The van der Waals surface area contributed by atoms with Crippen molar-refractivity contribution in [3.8, 4) is 0 Å². The smallest absolute Gasteiger partial charge is 0.290 e. The minimum absolute atomic E-state index is 0.291. The standard InChI is InChI=1S/C13H19F2NO2S/c1-12(2,3)19(18)16-11(13(14,15)9-17)10-7-5-4-6-8-10/h4-8,11,16-17H,9H2,1-3H3. The van der Waals surface area contributed by atoms with Crippen molar-refractivity contribution in [2.75, 3.05) is 6.61 Å². The first-order chi connectivity index (χ1) is 8.68.